The first-order valence-corrected chi connectivity index (χ1v) is 38.7. The molecule has 9 aromatic rings. The van der Waals surface area contributed by atoms with Crippen LogP contribution in [0.2, 0.25) is 0 Å². The predicted octanol–water partition coefficient (Wildman–Crippen LogP) is -9.00. The van der Waals surface area contributed by atoms with Crippen molar-refractivity contribution < 1.29 is 101 Å². The molecule has 16 N–H and O–H groups in total. The summed E-state index contributed by atoms with van der Waals surface area (Å²) in [6.45, 7) is -1.04. The van der Waals surface area contributed by atoms with Crippen molar-refractivity contribution in [3.63, 3.8) is 0 Å². The predicted molar refractivity (Wildman–Crippen MR) is 394 cm³/mol. The number of H-pyrrole nitrogens is 3. The average Bonchev–Trinajstić information content (AvgIpc) is 1.63. The molecule has 0 aliphatic carbocycles. The molecule has 6 aliphatic heterocycles. The zero-order valence-corrected chi connectivity index (χ0v) is 62.2. The molecule has 57 heteroatoms. The van der Waals surface area contributed by atoms with Crippen LogP contribution in [0.5, 0.6) is 0 Å². The van der Waals surface area contributed by atoms with Crippen molar-refractivity contribution in [2.75, 3.05) is 56.8 Å². The number of imidazole rings is 3. The van der Waals surface area contributed by atoms with Crippen LogP contribution in [0.25, 0.3) is 33.5 Å². The summed E-state index contributed by atoms with van der Waals surface area (Å²) in [4.78, 5) is 165. The zero-order chi connectivity index (χ0) is 81.6. The number of hydrogen-bond donors (Lipinski definition) is 13. The third-order valence-electron chi connectivity index (χ3n) is 18.2. The van der Waals surface area contributed by atoms with Crippen LogP contribution in [0.15, 0.2) is 66.7 Å². The zero-order valence-electron chi connectivity index (χ0n) is 58.7. The van der Waals surface area contributed by atoms with Gasteiger partial charge in [0.15, 0.2) is 48.6 Å². The van der Waals surface area contributed by atoms with E-state index in [1.165, 1.54) is 36.2 Å². The molecule has 0 saturated carbocycles. The van der Waals surface area contributed by atoms with Gasteiger partial charge in [0, 0.05) is 38.5 Å². The van der Waals surface area contributed by atoms with Crippen LogP contribution in [-0.4, -0.2) is 266 Å². The quantitative estimate of drug-likeness (QED) is 0.0197. The number of ether oxygens (including phenoxy) is 6. The standard InChI is InChI=1S/2C19H27BN8O9P.C19H25N8O9PS/c1-8-24-16-15(17(31)25-8)22-6-27(16)14-3-10(11(4-29)35-14)37-38(20,33)34-5-12-9(30)2-13(36-12)28-7-23-18(21)26-19(28)32;1-8-24-16-15(17(31)25-8)22-6-27(16)13-2-9(30)12(36-13)5-34-38(20,33)37-10-3-14(35-11(10)4-29)28-7-23-18(21)26-19(28)32;1-8-23-16-15(17(30)24-8)21-6-26(16)14-3-10(11(4-28)34-14)36-37(32,38)33-5-12-9(29)2-13(35-12)27-7-22-18(20)25-19(27)31/h2*6-7,9-14,29-30H,2-5H2,1,20H3,(H2,21,26,32)(H,24,25,31);6-7,9-14,28-29H,2-5H2,1H3,(H,32,38)(H2,20,25,31)(H,23,24,30)/q2*-1;/t2*9?,10?,11-,12-,13-,14-,38?;9?,10?,11-,12-,13-,14-,37?/m111/s1. The fourth-order valence-corrected chi connectivity index (χ4v) is 15.9. The molecular weight excluding hydrogens is 1600 g/mol. The number of aromatic nitrogens is 21. The second kappa shape index (κ2) is 34.5. The minimum absolute atomic E-state index is 0.0380. The fraction of sp³-hybridized carbons (Fsp3) is 0.579. The minimum Gasteiger partial charge on any atom is -0.670 e. The van der Waals surface area contributed by atoms with Gasteiger partial charge in [0.05, 0.1) is 85.5 Å². The van der Waals surface area contributed by atoms with Crippen molar-refractivity contribution in [3.05, 3.63) is 118 Å². The summed E-state index contributed by atoms with van der Waals surface area (Å²) in [6, 6.07) is 0. The van der Waals surface area contributed by atoms with Gasteiger partial charge in [-0.15, -0.1) is 0 Å². The Bertz CT molecular complexity index is 5390. The van der Waals surface area contributed by atoms with Crippen LogP contribution in [0.4, 0.5) is 17.8 Å². The molecule has 15 rings (SSSR count). The summed E-state index contributed by atoms with van der Waals surface area (Å²) in [5.41, 5.74) is 14.4. The van der Waals surface area contributed by atoms with Gasteiger partial charge in [-0.3, -0.25) is 59.9 Å². The van der Waals surface area contributed by atoms with Crippen molar-refractivity contribution in [2.24, 2.45) is 0 Å². The second-order valence-electron chi connectivity index (χ2n) is 25.8. The van der Waals surface area contributed by atoms with Crippen molar-refractivity contribution in [2.45, 2.75) is 170 Å². The Kier molecular flexibility index (Phi) is 25.3. The first kappa shape index (κ1) is 83.6. The first-order valence-electron chi connectivity index (χ1n) is 33.9. The van der Waals surface area contributed by atoms with E-state index in [-0.39, 0.29) is 104 Å². The van der Waals surface area contributed by atoms with Crippen molar-refractivity contribution in [3.8, 4) is 0 Å². The average molecular weight is 1680 g/mol. The Labute approximate surface area is 645 Å². The summed E-state index contributed by atoms with van der Waals surface area (Å²) in [5, 5.41) is 60.8. The molecule has 9 unspecified atom stereocenters. The van der Waals surface area contributed by atoms with E-state index in [1.807, 2.05) is 0 Å². The monoisotopic (exact) mass is 1680 g/mol. The number of fused-ring (bicyclic) bond motifs is 3. The summed E-state index contributed by atoms with van der Waals surface area (Å²) in [7, 11) is -9.01. The number of aliphatic hydroxyl groups is 6. The molecule has 6 aliphatic rings. The van der Waals surface area contributed by atoms with E-state index in [0.29, 0.717) is 34.4 Å². The SMILES string of the molecule is Cc1nc2c(ncn2[C@H]2CC(OP(O)(=S)OC[C@H]3O[C@@H](n4cnc(N)nc4=O)CC3O)[C@@H](CO)O2)c(=O)[nH]1.[BH3-][P+]([O-])(OC[C@H]1O[C@@H](n2cnc(N)nc2=O)CC1O)OC1C[C@H](n2cnc3c(=O)[nH]c(C)nc32)O[C@@H]1CO.[BH3-][P+]([O-])(OC[C@H]1O[C@@H](n2cnc3c(=O)[nH]c(C)nc32)CC1O)OC1C[C@H](n2cnc(N)nc2=O)O[C@@H]1CO. The smallest absolute Gasteiger partial charge is 0.354 e. The van der Waals surface area contributed by atoms with Crippen LogP contribution >= 0.6 is 22.4 Å². The molecule has 6 saturated heterocycles. The van der Waals surface area contributed by atoms with Crippen molar-refractivity contribution in [1.82, 2.24) is 102 Å². The number of hydrogen-bond acceptors (Lipinski definition) is 42. The molecule has 0 radical (unpaired) electrons. The van der Waals surface area contributed by atoms with Crippen LogP contribution in [0.3, 0.4) is 0 Å². The Morgan fingerprint density at radius 3 is 1.08 bits per heavy atom. The number of aliphatic hydroxyl groups excluding tert-OH is 6. The Balaban J connectivity index is 0.000000149. The lowest BCUT2D eigenvalue weighted by Gasteiger charge is -2.35. The van der Waals surface area contributed by atoms with Crippen molar-refractivity contribution >= 4 is 101 Å². The number of aromatic amines is 3. The number of aryl methyl sites for hydroxylation is 3. The number of anilines is 3. The molecular formula is C57H79B2N24O27P3S-2. The molecule has 618 valence electrons. The third kappa shape index (κ3) is 18.9. The lowest BCUT2D eigenvalue weighted by atomic mass is 10.2. The van der Waals surface area contributed by atoms with Crippen LogP contribution in [0.1, 0.15) is 93.4 Å². The highest BCUT2D eigenvalue weighted by Crippen LogP contribution is 2.54. The number of nitrogens with zero attached hydrogens (tertiary/aromatic N) is 18. The maximum absolute atomic E-state index is 13.3. The Hall–Kier alpha value is -8.32. The molecule has 0 aromatic carbocycles. The van der Waals surface area contributed by atoms with Crippen LogP contribution in [-0.2, 0) is 67.4 Å². The number of rotatable bonds is 24. The van der Waals surface area contributed by atoms with Gasteiger partial charge >= 0.3 is 23.8 Å². The van der Waals surface area contributed by atoms with Gasteiger partial charge in [-0.25, -0.2) is 59.2 Å². The maximum atomic E-state index is 13.3. The molecule has 0 bridgehead atoms. The van der Waals surface area contributed by atoms with Crippen molar-refractivity contribution in [1.29, 1.82) is 0 Å². The molecule has 0 spiro atoms. The van der Waals surface area contributed by atoms with E-state index < -0.39 is 191 Å². The van der Waals surface area contributed by atoms with Crippen LogP contribution in [0, 0.1) is 20.8 Å². The Morgan fingerprint density at radius 2 is 0.746 bits per heavy atom. The lowest BCUT2D eigenvalue weighted by molar-refractivity contribution is -0.220. The molecule has 6 fully saturated rings. The fourth-order valence-electron chi connectivity index (χ4n) is 12.9. The molecule has 9 aromatic heterocycles. The molecule has 21 atom stereocenters. The maximum Gasteiger partial charge on any atom is 0.354 e. The van der Waals surface area contributed by atoms with Gasteiger partial charge in [-0.1, -0.05) is 0 Å². The number of nitrogens with one attached hydrogen (secondary N) is 3. The van der Waals surface area contributed by atoms with Gasteiger partial charge in [-0.05, 0) is 32.6 Å². The summed E-state index contributed by atoms with van der Waals surface area (Å²) < 4.78 is 76.7. The number of nitrogen functional groups attached to an aromatic ring is 3. The van der Waals surface area contributed by atoms with Gasteiger partial charge in [-0.2, -0.15) is 15.0 Å². The lowest BCUT2D eigenvalue weighted by Crippen LogP contribution is -2.33. The highest BCUT2D eigenvalue weighted by Gasteiger charge is 2.47. The van der Waals surface area contributed by atoms with E-state index in [4.69, 9.17) is 84.6 Å². The van der Waals surface area contributed by atoms with E-state index in [0.717, 1.165) is 20.0 Å². The first-order chi connectivity index (χ1) is 54.1. The summed E-state index contributed by atoms with van der Waals surface area (Å²) >= 11 is 5.14. The summed E-state index contributed by atoms with van der Waals surface area (Å²) in [5.74, 6) is 0.655. The second-order valence-corrected chi connectivity index (χ2v) is 30.4. The van der Waals surface area contributed by atoms with E-state index in [9.17, 15) is 74.1 Å². The van der Waals surface area contributed by atoms with E-state index in [1.54, 1.807) is 29.9 Å². The molecule has 15 heterocycles. The van der Waals surface area contributed by atoms with Crippen LogP contribution < -0.4 is 60.7 Å². The largest absolute Gasteiger partial charge is 0.670 e. The van der Waals surface area contributed by atoms with Gasteiger partial charge in [0.25, 0.3) is 16.7 Å². The van der Waals surface area contributed by atoms with E-state index >= 15 is 0 Å². The van der Waals surface area contributed by atoms with Gasteiger partial charge in [0.2, 0.25) is 17.8 Å². The highest BCUT2D eigenvalue weighted by molar-refractivity contribution is 8.07. The van der Waals surface area contributed by atoms with Gasteiger partial charge in [0.1, 0.15) is 136 Å². The number of nitrogens with two attached hydrogens (primary N) is 3. The Morgan fingerprint density at radius 1 is 0.465 bits per heavy atom. The normalized spacial score (nSPS) is 29.2. The molecule has 0 amide bonds. The van der Waals surface area contributed by atoms with E-state index in [2.05, 4.69) is 74.8 Å². The highest BCUT2D eigenvalue weighted by atomic mass is 32.5. The van der Waals surface area contributed by atoms with Gasteiger partial charge < -0.3 is 115 Å². The summed E-state index contributed by atoms with van der Waals surface area (Å²) in [6.07, 6.45) is -6.70. The molecule has 51 nitrogen and oxygen atoms in total. The minimum atomic E-state index is -3.90. The molecule has 114 heavy (non-hydrogen) atoms. The third-order valence-corrected chi connectivity index (χ3v) is 21.4. The topological polar surface area (TPSA) is 711 Å².